The fourth-order valence-electron chi connectivity index (χ4n) is 9.09. The second kappa shape index (κ2) is 35.6. The van der Waals surface area contributed by atoms with Crippen LogP contribution in [0, 0.1) is 14.9 Å². The van der Waals surface area contributed by atoms with Crippen LogP contribution in [0.25, 0.3) is 16.9 Å². The van der Waals surface area contributed by atoms with Crippen molar-refractivity contribution in [3.63, 3.8) is 0 Å². The van der Waals surface area contributed by atoms with E-state index in [-0.39, 0.29) is 31.3 Å². The fraction of sp³-hybridized carbons (Fsp3) is 0.679. The maximum atomic E-state index is 12.7. The number of hydrogen-bond donors (Lipinski definition) is 0. The van der Waals surface area contributed by atoms with Crippen molar-refractivity contribution >= 4 is 11.4 Å². The van der Waals surface area contributed by atoms with Crippen LogP contribution in [-0.2, 0) is 42.2 Å². The van der Waals surface area contributed by atoms with Crippen molar-refractivity contribution in [3.05, 3.63) is 101 Å². The zero-order valence-corrected chi connectivity index (χ0v) is 41.3. The third kappa shape index (κ3) is 21.1. The van der Waals surface area contributed by atoms with Gasteiger partial charge in [0.05, 0.1) is 0 Å². The van der Waals surface area contributed by atoms with Crippen LogP contribution in [0.1, 0.15) is 255 Å². The van der Waals surface area contributed by atoms with Crippen molar-refractivity contribution < 1.29 is 21.2 Å². The molecule has 2 nitrogen and oxygen atoms in total. The third-order valence-electron chi connectivity index (χ3n) is 12.4. The molecule has 1 aliphatic heterocycles. The molecule has 2 aromatic carbocycles. The molecule has 0 fully saturated rings. The normalized spacial score (nSPS) is 12.5. The largest absolute Gasteiger partial charge is 2.00 e. The molecule has 0 saturated heterocycles. The van der Waals surface area contributed by atoms with Crippen molar-refractivity contribution in [1.29, 1.82) is 0 Å². The van der Waals surface area contributed by atoms with Gasteiger partial charge in [0.25, 0.3) is 0 Å². The first-order valence-electron chi connectivity index (χ1n) is 24.7. The van der Waals surface area contributed by atoms with Crippen LogP contribution >= 0.6 is 0 Å². The second-order valence-corrected chi connectivity index (χ2v) is 17.6. The first kappa shape index (κ1) is 57.0. The van der Waals surface area contributed by atoms with Crippen LogP contribution in [0.4, 0.5) is 0 Å². The molecule has 0 radical (unpaired) electrons. The van der Waals surface area contributed by atoms with Gasteiger partial charge in [0.1, 0.15) is 0 Å². The van der Waals surface area contributed by atoms with Gasteiger partial charge in [-0.15, -0.1) is 0 Å². The number of hydrogen-bond acceptors (Lipinski definition) is 0. The summed E-state index contributed by atoms with van der Waals surface area (Å²) < 4.78 is 1.68. The van der Waals surface area contributed by atoms with Crippen molar-refractivity contribution in [3.8, 4) is 0 Å². The molecule has 0 N–H and O–H groups in total. The molecule has 3 heteroatoms. The number of nitrogens with zero attached hydrogens (tertiary/aromatic N) is 2. The third-order valence-corrected chi connectivity index (χ3v) is 12.4. The van der Waals surface area contributed by atoms with E-state index in [0.717, 1.165) is 49.9 Å². The van der Waals surface area contributed by atoms with Gasteiger partial charge in [-0.05, 0) is 117 Å². The average molecular weight is 854 g/mol. The summed E-state index contributed by atoms with van der Waals surface area (Å²) in [6, 6.07) is 14.8. The predicted octanol–water partition coefficient (Wildman–Crippen LogP) is 19.0. The maximum absolute atomic E-state index is 12.7. The monoisotopic (exact) mass is 853 g/mol. The van der Waals surface area contributed by atoms with Crippen LogP contribution in [0.2, 0.25) is 0 Å². The molecule has 0 atom stereocenters. The van der Waals surface area contributed by atoms with E-state index >= 15 is 0 Å². The molecule has 1 heterocycles. The second-order valence-electron chi connectivity index (χ2n) is 17.6. The predicted molar refractivity (Wildman–Crippen MR) is 261 cm³/mol. The molecular formula is C56H94N2Ni. The Morgan fingerprint density at radius 3 is 0.898 bits per heavy atom. The van der Waals surface area contributed by atoms with Gasteiger partial charge in [-0.1, -0.05) is 189 Å². The molecule has 3 rings (SSSR count). The zero-order chi connectivity index (χ0) is 40.2. The van der Waals surface area contributed by atoms with Gasteiger partial charge < -0.3 is 20.4 Å². The first-order chi connectivity index (χ1) is 27.5. The Bertz CT molecular complexity index is 1450. The maximum Gasteiger partial charge on any atom is 2.00 e. The minimum atomic E-state index is 0. The van der Waals surface area contributed by atoms with Crippen LogP contribution in [0.5, 0.6) is 0 Å². The SMILES string of the molecule is CCCCCCCCC1=C(c2cc(CCCCCC)cc(CCCCCCCC)c2)[N+](=[N-])C(c2cc(CCCCCC)cc(CCCCCCCC)c2)=C1CC.[CH3-].[CH3-].[Ni+2]. The quantitative estimate of drug-likeness (QED) is 0.0290. The van der Waals surface area contributed by atoms with Crippen LogP contribution in [0.3, 0.4) is 0 Å². The van der Waals surface area contributed by atoms with Crippen LogP contribution < -0.4 is 0 Å². The van der Waals surface area contributed by atoms with Crippen molar-refractivity contribution in [2.45, 2.75) is 247 Å². The van der Waals surface area contributed by atoms with Gasteiger partial charge in [0, 0.05) is 22.3 Å². The summed E-state index contributed by atoms with van der Waals surface area (Å²) in [5.74, 6) is 0. The van der Waals surface area contributed by atoms with Crippen molar-refractivity contribution in [2.75, 3.05) is 0 Å². The number of unbranched alkanes of at least 4 members (excludes halogenated alkanes) is 21. The van der Waals surface area contributed by atoms with Gasteiger partial charge >= 0.3 is 16.5 Å². The average Bonchev–Trinajstić information content (AvgIpc) is 3.49. The molecule has 0 aliphatic carbocycles. The summed E-state index contributed by atoms with van der Waals surface area (Å²) in [6.45, 7) is 13.9. The molecule has 1 aliphatic rings. The Labute approximate surface area is 379 Å². The zero-order valence-electron chi connectivity index (χ0n) is 40.3. The van der Waals surface area contributed by atoms with E-state index in [2.05, 4.69) is 77.9 Å². The minimum absolute atomic E-state index is 0. The van der Waals surface area contributed by atoms with Gasteiger partial charge in [-0.3, -0.25) is 0 Å². The summed E-state index contributed by atoms with van der Waals surface area (Å²) >= 11 is 0. The van der Waals surface area contributed by atoms with Gasteiger partial charge in [-0.25, -0.2) is 4.70 Å². The van der Waals surface area contributed by atoms with Gasteiger partial charge in [0.15, 0.2) is 0 Å². The van der Waals surface area contributed by atoms with E-state index < -0.39 is 0 Å². The standard InChI is InChI=1S/C54H88N2.2CH3.Ni/c1-7-13-18-23-26-31-36-47-39-45(34-29-21-16-10-4)41-49(42-47)53-51(12-6)52(38-33-28-25-20-15-9-3)54(56(53)55)50-43-46(35-30-22-17-11-5)40-48(44-50)37-32-27-24-19-14-8-2;;;/h39-44H,7-38H2,1-6H3;2*1H3;/q;2*-1;+2. The summed E-state index contributed by atoms with van der Waals surface area (Å²) in [6.07, 6.45) is 40.4. The van der Waals surface area contributed by atoms with Gasteiger partial charge in [0.2, 0.25) is 11.4 Å². The fourth-order valence-corrected chi connectivity index (χ4v) is 9.09. The summed E-state index contributed by atoms with van der Waals surface area (Å²) in [4.78, 5) is 0. The summed E-state index contributed by atoms with van der Waals surface area (Å²) in [7, 11) is 0. The molecule has 0 amide bonds. The topological polar surface area (TPSA) is 25.3 Å². The van der Waals surface area contributed by atoms with Crippen LogP contribution in [0.15, 0.2) is 47.5 Å². The Morgan fingerprint density at radius 1 is 0.339 bits per heavy atom. The van der Waals surface area contributed by atoms with E-state index in [4.69, 9.17) is 0 Å². The van der Waals surface area contributed by atoms with E-state index in [9.17, 15) is 5.53 Å². The number of rotatable bonds is 34. The van der Waals surface area contributed by atoms with E-state index in [1.807, 2.05) is 0 Å². The van der Waals surface area contributed by atoms with E-state index in [0.29, 0.717) is 0 Å². The summed E-state index contributed by atoms with van der Waals surface area (Å²) in [5.41, 5.74) is 25.9. The molecule has 59 heavy (non-hydrogen) atoms. The minimum Gasteiger partial charge on any atom is -0.493 e. The van der Waals surface area contributed by atoms with Gasteiger partial charge in [-0.2, -0.15) is 0 Å². The smallest absolute Gasteiger partial charge is 0.493 e. The molecular weight excluding hydrogens is 759 g/mol. The van der Waals surface area contributed by atoms with E-state index in [1.165, 1.54) is 211 Å². The van der Waals surface area contributed by atoms with Crippen molar-refractivity contribution in [1.82, 2.24) is 0 Å². The Balaban J connectivity index is 0.0000112. The van der Waals surface area contributed by atoms with E-state index in [1.54, 1.807) is 4.70 Å². The molecule has 338 valence electrons. The number of aryl methyl sites for hydroxylation is 4. The first-order valence-corrected chi connectivity index (χ1v) is 24.7. The molecule has 0 saturated carbocycles. The Kier molecular flexibility index (Phi) is 34.4. The number of benzene rings is 2. The molecule has 0 unspecified atom stereocenters. The Hall–Kier alpha value is -1.99. The molecule has 0 aromatic heterocycles. The van der Waals surface area contributed by atoms with Crippen molar-refractivity contribution in [2.24, 2.45) is 0 Å². The molecule has 0 spiro atoms. The number of allylic oxidation sites excluding steroid dienone is 2. The molecule has 2 aromatic rings. The van der Waals surface area contributed by atoms with Crippen LogP contribution in [-0.4, -0.2) is 4.70 Å². The summed E-state index contributed by atoms with van der Waals surface area (Å²) in [5, 5.41) is 0. The Morgan fingerprint density at radius 2 is 0.593 bits per heavy atom. The molecule has 0 bridgehead atoms.